The number of carbonyl (C=O) groups excluding carboxylic acids is 1. The molecule has 0 bridgehead atoms. The van der Waals surface area contributed by atoms with Crippen molar-refractivity contribution in [3.8, 4) is 0 Å². The van der Waals surface area contributed by atoms with Gasteiger partial charge in [-0.05, 0) is 39.8 Å². The Hall–Kier alpha value is -1.55. The molecule has 0 saturated heterocycles. The second kappa shape index (κ2) is 4.37. The zero-order valence-corrected chi connectivity index (χ0v) is 10.7. The molecule has 0 radical (unpaired) electrons. The summed E-state index contributed by atoms with van der Waals surface area (Å²) in [4.78, 5) is 12.0. The Bertz CT molecular complexity index is 420. The predicted octanol–water partition coefficient (Wildman–Crippen LogP) is 1.55. The molecule has 0 heterocycles. The number of hydrogen-bond donors (Lipinski definition) is 3. The molecule has 0 aromatic heterocycles. The van der Waals surface area contributed by atoms with E-state index in [0.717, 1.165) is 0 Å². The van der Waals surface area contributed by atoms with E-state index in [1.165, 1.54) is 0 Å². The lowest BCUT2D eigenvalue weighted by Gasteiger charge is -2.38. The summed E-state index contributed by atoms with van der Waals surface area (Å²) >= 11 is 0. The van der Waals surface area contributed by atoms with Gasteiger partial charge in [0.15, 0.2) is 0 Å². The van der Waals surface area contributed by atoms with Gasteiger partial charge in [-0.1, -0.05) is 12.1 Å². The first kappa shape index (κ1) is 13.5. The molecule has 4 N–H and O–H groups in total. The van der Waals surface area contributed by atoms with Crippen LogP contribution in [-0.4, -0.2) is 22.2 Å². The van der Waals surface area contributed by atoms with Crippen LogP contribution in [-0.2, 0) is 0 Å². The SMILES string of the molecule is CC(C)(O)C(C)(C)NC(=O)c1ccccc1N. The second-order valence-corrected chi connectivity index (χ2v) is 5.23. The summed E-state index contributed by atoms with van der Waals surface area (Å²) in [5.74, 6) is -0.282. The van der Waals surface area contributed by atoms with E-state index in [0.29, 0.717) is 11.3 Å². The van der Waals surface area contributed by atoms with Crippen LogP contribution in [0.3, 0.4) is 0 Å². The molecule has 0 fully saturated rings. The van der Waals surface area contributed by atoms with Gasteiger partial charge in [0.25, 0.3) is 5.91 Å². The van der Waals surface area contributed by atoms with Gasteiger partial charge >= 0.3 is 0 Å². The fourth-order valence-electron chi connectivity index (χ4n) is 1.21. The van der Waals surface area contributed by atoms with E-state index in [1.807, 2.05) is 0 Å². The van der Waals surface area contributed by atoms with E-state index in [-0.39, 0.29) is 5.91 Å². The molecule has 17 heavy (non-hydrogen) atoms. The van der Waals surface area contributed by atoms with E-state index in [4.69, 9.17) is 5.73 Å². The standard InChI is InChI=1S/C13H20N2O2/c1-12(2,13(3,4)17)15-11(16)9-7-5-6-8-10(9)14/h5-8,17H,14H2,1-4H3,(H,15,16). The zero-order valence-electron chi connectivity index (χ0n) is 10.7. The number of rotatable bonds is 3. The molecular weight excluding hydrogens is 216 g/mol. The number of nitrogens with two attached hydrogens (primary N) is 1. The molecule has 0 aliphatic carbocycles. The summed E-state index contributed by atoms with van der Waals surface area (Å²) in [7, 11) is 0. The highest BCUT2D eigenvalue weighted by molar-refractivity contribution is 5.99. The average Bonchev–Trinajstić information content (AvgIpc) is 2.15. The normalized spacial score (nSPS) is 12.3. The van der Waals surface area contributed by atoms with Crippen molar-refractivity contribution in [2.24, 2.45) is 0 Å². The quantitative estimate of drug-likeness (QED) is 0.697. The molecule has 0 saturated carbocycles. The fraction of sp³-hybridized carbons (Fsp3) is 0.462. The number of aliphatic hydroxyl groups is 1. The van der Waals surface area contributed by atoms with Gasteiger partial charge in [-0.3, -0.25) is 4.79 Å². The first-order valence-electron chi connectivity index (χ1n) is 5.54. The molecule has 1 aromatic rings. The van der Waals surface area contributed by atoms with Crippen molar-refractivity contribution in [1.82, 2.24) is 5.32 Å². The second-order valence-electron chi connectivity index (χ2n) is 5.23. The first-order chi connectivity index (χ1) is 7.65. The Morgan fingerprint density at radius 2 is 1.76 bits per heavy atom. The van der Waals surface area contributed by atoms with Crippen LogP contribution >= 0.6 is 0 Å². The third-order valence-corrected chi connectivity index (χ3v) is 3.16. The lowest BCUT2D eigenvalue weighted by molar-refractivity contribution is -0.00291. The van der Waals surface area contributed by atoms with Crippen LogP contribution in [0.4, 0.5) is 5.69 Å². The molecule has 1 rings (SSSR count). The minimum atomic E-state index is -1.02. The largest absolute Gasteiger partial charge is 0.398 e. The van der Waals surface area contributed by atoms with E-state index in [2.05, 4.69) is 5.32 Å². The summed E-state index contributed by atoms with van der Waals surface area (Å²) in [6.07, 6.45) is 0. The summed E-state index contributed by atoms with van der Waals surface area (Å²) in [5, 5.41) is 12.7. The molecule has 0 aliphatic rings. The lowest BCUT2D eigenvalue weighted by Crippen LogP contribution is -2.57. The molecule has 1 aromatic carbocycles. The van der Waals surface area contributed by atoms with Gasteiger partial charge in [0.2, 0.25) is 0 Å². The Balaban J connectivity index is 2.92. The summed E-state index contributed by atoms with van der Waals surface area (Å²) in [5.41, 5.74) is 4.81. The molecule has 0 atom stereocenters. The van der Waals surface area contributed by atoms with Gasteiger partial charge in [-0.15, -0.1) is 0 Å². The monoisotopic (exact) mass is 236 g/mol. The van der Waals surface area contributed by atoms with Crippen molar-refractivity contribution in [1.29, 1.82) is 0 Å². The maximum absolute atomic E-state index is 12.0. The Kier molecular flexibility index (Phi) is 3.48. The summed E-state index contributed by atoms with van der Waals surface area (Å²) in [6, 6.07) is 6.85. The van der Waals surface area contributed by atoms with Gasteiger partial charge in [0, 0.05) is 5.69 Å². The maximum atomic E-state index is 12.0. The smallest absolute Gasteiger partial charge is 0.253 e. The number of benzene rings is 1. The highest BCUT2D eigenvalue weighted by atomic mass is 16.3. The number of nitrogen functional groups attached to an aromatic ring is 1. The lowest BCUT2D eigenvalue weighted by atomic mass is 9.85. The van der Waals surface area contributed by atoms with Crippen LogP contribution in [0.15, 0.2) is 24.3 Å². The van der Waals surface area contributed by atoms with Gasteiger partial charge in [0.05, 0.1) is 16.7 Å². The zero-order chi connectivity index (χ0) is 13.3. The molecule has 4 heteroatoms. The third kappa shape index (κ3) is 2.97. The van der Waals surface area contributed by atoms with E-state index in [9.17, 15) is 9.90 Å². The van der Waals surface area contributed by atoms with Crippen LogP contribution in [0.25, 0.3) is 0 Å². The van der Waals surface area contributed by atoms with Crippen molar-refractivity contribution in [2.75, 3.05) is 5.73 Å². The number of amides is 1. The van der Waals surface area contributed by atoms with Crippen LogP contribution < -0.4 is 11.1 Å². The minimum Gasteiger partial charge on any atom is -0.398 e. The molecule has 1 amide bonds. The Labute approximate surface area is 102 Å². The first-order valence-corrected chi connectivity index (χ1v) is 5.54. The van der Waals surface area contributed by atoms with Gasteiger partial charge < -0.3 is 16.2 Å². The van der Waals surface area contributed by atoms with Gasteiger partial charge in [0.1, 0.15) is 0 Å². The van der Waals surface area contributed by atoms with Gasteiger partial charge in [-0.2, -0.15) is 0 Å². The number of carbonyl (C=O) groups is 1. The van der Waals surface area contributed by atoms with Crippen molar-refractivity contribution in [2.45, 2.75) is 38.8 Å². The maximum Gasteiger partial charge on any atom is 0.253 e. The van der Waals surface area contributed by atoms with Crippen LogP contribution in [0.5, 0.6) is 0 Å². The van der Waals surface area contributed by atoms with Crippen molar-refractivity contribution >= 4 is 11.6 Å². The fourth-order valence-corrected chi connectivity index (χ4v) is 1.21. The summed E-state index contributed by atoms with van der Waals surface area (Å²) < 4.78 is 0. The Morgan fingerprint density at radius 1 is 1.24 bits per heavy atom. The van der Waals surface area contributed by atoms with E-state index in [1.54, 1.807) is 52.0 Å². The molecule has 94 valence electrons. The van der Waals surface area contributed by atoms with Crippen molar-refractivity contribution in [3.05, 3.63) is 29.8 Å². The third-order valence-electron chi connectivity index (χ3n) is 3.16. The molecular formula is C13H20N2O2. The van der Waals surface area contributed by atoms with E-state index >= 15 is 0 Å². The number of para-hydroxylation sites is 1. The number of nitrogens with one attached hydrogen (secondary N) is 1. The van der Waals surface area contributed by atoms with Crippen LogP contribution in [0.2, 0.25) is 0 Å². The van der Waals surface area contributed by atoms with Crippen LogP contribution in [0.1, 0.15) is 38.1 Å². The molecule has 4 nitrogen and oxygen atoms in total. The minimum absolute atomic E-state index is 0.282. The summed E-state index contributed by atoms with van der Waals surface area (Å²) in [6.45, 7) is 6.84. The van der Waals surface area contributed by atoms with E-state index < -0.39 is 11.1 Å². The Morgan fingerprint density at radius 3 is 2.24 bits per heavy atom. The highest BCUT2D eigenvalue weighted by Crippen LogP contribution is 2.22. The molecule has 0 unspecified atom stereocenters. The molecule has 0 spiro atoms. The number of hydrogen-bond acceptors (Lipinski definition) is 3. The van der Waals surface area contributed by atoms with Gasteiger partial charge in [-0.25, -0.2) is 0 Å². The van der Waals surface area contributed by atoms with Crippen LogP contribution in [0, 0.1) is 0 Å². The average molecular weight is 236 g/mol. The molecule has 0 aliphatic heterocycles. The highest BCUT2D eigenvalue weighted by Gasteiger charge is 2.36. The van der Waals surface area contributed by atoms with Crippen molar-refractivity contribution in [3.63, 3.8) is 0 Å². The topological polar surface area (TPSA) is 75.3 Å². The predicted molar refractivity (Wildman–Crippen MR) is 68.7 cm³/mol. The van der Waals surface area contributed by atoms with Crippen molar-refractivity contribution < 1.29 is 9.90 Å². The number of anilines is 1.